The zero-order valence-corrected chi connectivity index (χ0v) is 17.4. The number of hydrogen-bond acceptors (Lipinski definition) is 5. The van der Waals surface area contributed by atoms with Gasteiger partial charge in [-0.3, -0.25) is 19.5 Å². The molecule has 0 bridgehead atoms. The highest BCUT2D eigenvalue weighted by atomic mass is 32.2. The summed E-state index contributed by atoms with van der Waals surface area (Å²) >= 11 is 0. The zero-order valence-electron chi connectivity index (χ0n) is 16.6. The van der Waals surface area contributed by atoms with Crippen LogP contribution in [0.15, 0.2) is 71.8 Å². The Morgan fingerprint density at radius 2 is 1.61 bits per heavy atom. The Morgan fingerprint density at radius 1 is 0.871 bits per heavy atom. The molecule has 3 aromatic rings. The van der Waals surface area contributed by atoms with Crippen molar-refractivity contribution in [3.8, 4) is 0 Å². The van der Waals surface area contributed by atoms with E-state index >= 15 is 0 Å². The Morgan fingerprint density at radius 3 is 2.35 bits per heavy atom. The number of imide groups is 1. The third-order valence-electron chi connectivity index (χ3n) is 5.73. The van der Waals surface area contributed by atoms with Crippen LogP contribution < -0.4 is 0 Å². The number of nitrogens with zero attached hydrogens (tertiary/aromatic N) is 3. The van der Waals surface area contributed by atoms with Crippen molar-refractivity contribution in [2.24, 2.45) is 0 Å². The molecule has 3 heterocycles. The predicted molar refractivity (Wildman–Crippen MR) is 113 cm³/mol. The number of hydrogen-bond donors (Lipinski definition) is 0. The maximum Gasteiger partial charge on any atom is 0.280 e. The first kappa shape index (κ1) is 19.6. The number of aromatic nitrogens is 1. The monoisotopic (exact) mass is 433 g/mol. The van der Waals surface area contributed by atoms with Crippen molar-refractivity contribution in [2.75, 3.05) is 6.54 Å². The van der Waals surface area contributed by atoms with E-state index in [-0.39, 0.29) is 22.7 Å². The quantitative estimate of drug-likeness (QED) is 0.591. The van der Waals surface area contributed by atoms with Crippen molar-refractivity contribution in [3.63, 3.8) is 0 Å². The van der Waals surface area contributed by atoms with E-state index in [9.17, 15) is 18.0 Å². The molecule has 7 nitrogen and oxygen atoms in total. The molecule has 156 valence electrons. The summed E-state index contributed by atoms with van der Waals surface area (Å²) < 4.78 is 27.7. The zero-order chi connectivity index (χ0) is 21.6. The molecule has 0 saturated carbocycles. The maximum atomic E-state index is 13.1. The van der Waals surface area contributed by atoms with Crippen molar-refractivity contribution in [1.29, 1.82) is 0 Å². The summed E-state index contributed by atoms with van der Waals surface area (Å²) in [5.41, 5.74) is 3.31. The van der Waals surface area contributed by atoms with Gasteiger partial charge < -0.3 is 0 Å². The molecule has 0 saturated heterocycles. The predicted octanol–water partition coefficient (Wildman–Crippen LogP) is 2.62. The molecule has 0 atom stereocenters. The number of pyridine rings is 1. The van der Waals surface area contributed by atoms with Crippen molar-refractivity contribution in [1.82, 2.24) is 14.2 Å². The number of rotatable bonds is 4. The molecule has 0 aliphatic carbocycles. The minimum Gasteiger partial charge on any atom is -0.268 e. The fourth-order valence-electron chi connectivity index (χ4n) is 4.03. The highest BCUT2D eigenvalue weighted by Gasteiger charge is 2.36. The van der Waals surface area contributed by atoms with Crippen LogP contribution in [0.1, 0.15) is 37.5 Å². The lowest BCUT2D eigenvalue weighted by Gasteiger charge is -2.28. The van der Waals surface area contributed by atoms with Crippen LogP contribution in [0.4, 0.5) is 0 Å². The molecule has 0 spiro atoms. The van der Waals surface area contributed by atoms with Gasteiger partial charge in [-0.25, -0.2) is 8.42 Å². The molecule has 0 radical (unpaired) electrons. The fraction of sp³-hybridized carbons (Fsp3) is 0.174. The number of carbonyl (C=O) groups is 2. The molecule has 5 rings (SSSR count). The van der Waals surface area contributed by atoms with Crippen LogP contribution in [0.25, 0.3) is 0 Å². The lowest BCUT2D eigenvalue weighted by molar-refractivity contribution is 0.0640. The second-order valence-corrected chi connectivity index (χ2v) is 9.54. The second-order valence-electron chi connectivity index (χ2n) is 7.60. The molecular formula is C23H19N3O4S. The first-order valence-electron chi connectivity index (χ1n) is 9.92. The Bertz CT molecular complexity index is 1270. The van der Waals surface area contributed by atoms with Crippen LogP contribution in [-0.4, -0.2) is 41.0 Å². The van der Waals surface area contributed by atoms with E-state index in [1.165, 1.54) is 28.2 Å². The smallest absolute Gasteiger partial charge is 0.268 e. The van der Waals surface area contributed by atoms with Crippen LogP contribution in [0.2, 0.25) is 0 Å². The summed E-state index contributed by atoms with van der Waals surface area (Å²) in [5.74, 6) is -0.832. The topological polar surface area (TPSA) is 87.6 Å². The van der Waals surface area contributed by atoms with Gasteiger partial charge >= 0.3 is 0 Å². The van der Waals surface area contributed by atoms with Gasteiger partial charge in [-0.1, -0.05) is 36.4 Å². The molecule has 0 N–H and O–H groups in total. The van der Waals surface area contributed by atoms with Crippen LogP contribution in [0.3, 0.4) is 0 Å². The molecule has 31 heavy (non-hydrogen) atoms. The van der Waals surface area contributed by atoms with Gasteiger partial charge in [0.05, 0.1) is 17.0 Å². The average molecular weight is 433 g/mol. The summed E-state index contributed by atoms with van der Waals surface area (Å²) in [5, 5.41) is 0. The summed E-state index contributed by atoms with van der Waals surface area (Å²) in [7, 11) is -3.64. The lowest BCUT2D eigenvalue weighted by atomic mass is 10.0. The largest absolute Gasteiger partial charge is 0.280 e. The van der Waals surface area contributed by atoms with Crippen molar-refractivity contribution < 1.29 is 18.0 Å². The molecule has 1 aromatic heterocycles. The maximum absolute atomic E-state index is 13.1. The highest BCUT2D eigenvalue weighted by Crippen LogP contribution is 2.26. The third-order valence-corrected chi connectivity index (χ3v) is 7.59. The van der Waals surface area contributed by atoms with Gasteiger partial charge in [-0.15, -0.1) is 0 Å². The molecule has 2 aromatic carbocycles. The molecule has 2 aliphatic heterocycles. The van der Waals surface area contributed by atoms with Gasteiger partial charge in [0.1, 0.15) is 5.69 Å². The molecule has 2 aliphatic rings. The van der Waals surface area contributed by atoms with Crippen LogP contribution in [-0.2, 0) is 29.5 Å². The Labute approximate surface area is 180 Å². The average Bonchev–Trinajstić information content (AvgIpc) is 3.04. The summed E-state index contributed by atoms with van der Waals surface area (Å²) in [6.45, 7) is 0.844. The molecule has 0 fully saturated rings. The Hall–Kier alpha value is -3.36. The molecular weight excluding hydrogens is 414 g/mol. The first-order valence-corrected chi connectivity index (χ1v) is 11.4. The van der Waals surface area contributed by atoms with Crippen LogP contribution in [0.5, 0.6) is 0 Å². The minimum absolute atomic E-state index is 0.0610. The number of benzene rings is 2. The number of carbonyl (C=O) groups excluding carboxylic acids is 2. The normalized spacial score (nSPS) is 16.3. The van der Waals surface area contributed by atoms with Gasteiger partial charge in [0, 0.05) is 19.3 Å². The molecule has 8 heteroatoms. The summed E-state index contributed by atoms with van der Waals surface area (Å²) in [4.78, 5) is 30.3. The second kappa shape index (κ2) is 7.40. The van der Waals surface area contributed by atoms with E-state index in [0.717, 1.165) is 10.5 Å². The number of amides is 2. The van der Waals surface area contributed by atoms with Crippen molar-refractivity contribution >= 4 is 21.8 Å². The number of sulfonamides is 1. The molecule has 0 unspecified atom stereocenters. The van der Waals surface area contributed by atoms with Gasteiger partial charge in [0.15, 0.2) is 0 Å². The first-order chi connectivity index (χ1) is 14.9. The van der Waals surface area contributed by atoms with E-state index in [4.69, 9.17) is 0 Å². The van der Waals surface area contributed by atoms with Crippen molar-refractivity contribution in [3.05, 3.63) is 94.8 Å². The van der Waals surface area contributed by atoms with E-state index in [2.05, 4.69) is 4.98 Å². The van der Waals surface area contributed by atoms with Gasteiger partial charge in [-0.2, -0.15) is 4.31 Å². The standard InChI is InChI=1S/C23H19N3O4S/c27-22-20-6-3-12-24-21(20)23(28)26(22)14-16-7-9-19(10-8-16)31(29,30)25-13-11-17-4-1-2-5-18(17)15-25/h1-10,12H,11,13-15H2. The van der Waals surface area contributed by atoms with Crippen molar-refractivity contribution in [2.45, 2.75) is 24.4 Å². The SMILES string of the molecule is O=C1c2cccnc2C(=O)N1Cc1ccc(S(=O)(=O)N2CCc3ccccc3C2)cc1. The third kappa shape index (κ3) is 3.34. The van der Waals surface area contributed by atoms with Crippen LogP contribution >= 0.6 is 0 Å². The van der Waals surface area contributed by atoms with Crippen LogP contribution in [0, 0.1) is 0 Å². The fourth-order valence-corrected chi connectivity index (χ4v) is 5.45. The number of fused-ring (bicyclic) bond motifs is 2. The minimum atomic E-state index is -3.64. The molecule has 2 amide bonds. The van der Waals surface area contributed by atoms with Gasteiger partial charge in [0.25, 0.3) is 11.8 Å². The van der Waals surface area contributed by atoms with Gasteiger partial charge in [0.2, 0.25) is 10.0 Å². The van der Waals surface area contributed by atoms with E-state index in [0.29, 0.717) is 25.1 Å². The Balaban J connectivity index is 1.34. The summed E-state index contributed by atoms with van der Waals surface area (Å²) in [6.07, 6.45) is 2.16. The lowest BCUT2D eigenvalue weighted by Crippen LogP contribution is -2.36. The van der Waals surface area contributed by atoms with E-state index < -0.39 is 21.8 Å². The summed E-state index contributed by atoms with van der Waals surface area (Å²) in [6, 6.07) is 17.4. The van der Waals surface area contributed by atoms with E-state index in [1.54, 1.807) is 24.3 Å². The van der Waals surface area contributed by atoms with Gasteiger partial charge in [-0.05, 0) is 47.4 Å². The van der Waals surface area contributed by atoms with E-state index in [1.807, 2.05) is 24.3 Å². The Kier molecular flexibility index (Phi) is 4.68. The highest BCUT2D eigenvalue weighted by molar-refractivity contribution is 7.89.